The van der Waals surface area contributed by atoms with Crippen LogP contribution in [0.5, 0.6) is 0 Å². The lowest BCUT2D eigenvalue weighted by atomic mass is 9.99. The van der Waals surface area contributed by atoms with Gasteiger partial charge in [0.25, 0.3) is 0 Å². The molecule has 0 fully saturated rings. The molecule has 5 aromatic heterocycles. The van der Waals surface area contributed by atoms with Crippen LogP contribution in [-0.2, 0) is 0 Å². The van der Waals surface area contributed by atoms with Gasteiger partial charge in [-0.1, -0.05) is 133 Å². The highest BCUT2D eigenvalue weighted by Gasteiger charge is 2.24. The lowest BCUT2D eigenvalue weighted by Crippen LogP contribution is -1.92. The second kappa shape index (κ2) is 11.8. The van der Waals surface area contributed by atoms with Crippen LogP contribution in [0.2, 0.25) is 0 Å². The van der Waals surface area contributed by atoms with E-state index in [1.807, 2.05) is 22.7 Å². The fraction of sp³-hybridized carbons (Fsp3) is 0. The number of para-hydroxylation sites is 5. The number of furan rings is 1. The minimum Gasteiger partial charge on any atom is -0.453 e. The van der Waals surface area contributed by atoms with Gasteiger partial charge < -0.3 is 13.6 Å². The molecule has 0 spiro atoms. The minimum atomic E-state index is 0.921. The van der Waals surface area contributed by atoms with Gasteiger partial charge in [-0.25, -0.2) is 0 Å². The fourth-order valence-corrected chi connectivity index (χ4v) is 12.0. The molecule has 0 bridgehead atoms. The maximum Gasteiger partial charge on any atom is 0.161 e. The third-order valence-electron chi connectivity index (χ3n) is 11.7. The van der Waals surface area contributed by atoms with E-state index in [1.165, 1.54) is 73.8 Å². The molecule has 13 rings (SSSR count). The summed E-state index contributed by atoms with van der Waals surface area (Å²) in [4.78, 5) is 0. The van der Waals surface area contributed by atoms with Crippen molar-refractivity contribution in [3.8, 4) is 33.6 Å². The molecule has 0 unspecified atom stereocenters. The molecule has 0 saturated heterocycles. The molecule has 0 radical (unpaired) electrons. The number of aromatic nitrogens is 2. The van der Waals surface area contributed by atoms with Gasteiger partial charge in [0.15, 0.2) is 5.58 Å². The van der Waals surface area contributed by atoms with E-state index in [0.717, 1.165) is 44.2 Å². The zero-order chi connectivity index (χ0) is 37.2. The molecular weight excluding hydrogens is 733 g/mol. The molecule has 5 heterocycles. The first kappa shape index (κ1) is 31.3. The van der Waals surface area contributed by atoms with E-state index in [1.54, 1.807) is 0 Å². The van der Waals surface area contributed by atoms with Crippen molar-refractivity contribution < 1.29 is 4.42 Å². The van der Waals surface area contributed by atoms with E-state index in [0.29, 0.717) is 0 Å². The van der Waals surface area contributed by atoms with Crippen molar-refractivity contribution >= 4 is 107 Å². The van der Waals surface area contributed by atoms with E-state index >= 15 is 0 Å². The van der Waals surface area contributed by atoms with Crippen LogP contribution in [0.15, 0.2) is 186 Å². The van der Waals surface area contributed by atoms with Crippen molar-refractivity contribution in [2.24, 2.45) is 0 Å². The lowest BCUT2D eigenvalue weighted by molar-refractivity contribution is 0.674. The zero-order valence-electron chi connectivity index (χ0n) is 30.4. The Hall–Kier alpha value is -6.92. The number of fused-ring (bicyclic) bond motifs is 13. The van der Waals surface area contributed by atoms with Crippen LogP contribution in [0.25, 0.3) is 118 Å². The number of benzene rings is 8. The Balaban J connectivity index is 1.05. The Bertz CT molecular complexity index is 3500. The average molecular weight is 763 g/mol. The Morgan fingerprint density at radius 2 is 0.737 bits per heavy atom. The van der Waals surface area contributed by atoms with Gasteiger partial charge in [0.05, 0.1) is 21.3 Å². The lowest BCUT2D eigenvalue weighted by Gasteiger charge is -2.09. The summed E-state index contributed by atoms with van der Waals surface area (Å²) in [5, 5.41) is 7.37. The summed E-state index contributed by atoms with van der Waals surface area (Å²) in [5.74, 6) is 0. The van der Waals surface area contributed by atoms with Crippen LogP contribution < -0.4 is 0 Å². The van der Waals surface area contributed by atoms with E-state index < -0.39 is 0 Å². The average Bonchev–Trinajstić information content (AvgIpc) is 4.08. The Labute approximate surface area is 334 Å². The van der Waals surface area contributed by atoms with Gasteiger partial charge >= 0.3 is 0 Å². The van der Waals surface area contributed by atoms with Crippen molar-refractivity contribution in [3.63, 3.8) is 0 Å². The Morgan fingerprint density at radius 3 is 1.39 bits per heavy atom. The minimum absolute atomic E-state index is 0.921. The number of hydrogen-bond donors (Lipinski definition) is 0. The maximum absolute atomic E-state index is 6.99. The smallest absolute Gasteiger partial charge is 0.161 e. The summed E-state index contributed by atoms with van der Waals surface area (Å²) in [7, 11) is 0. The molecule has 0 aliphatic carbocycles. The van der Waals surface area contributed by atoms with Crippen LogP contribution in [0, 0.1) is 0 Å². The van der Waals surface area contributed by atoms with Gasteiger partial charge in [-0.05, 0) is 48.5 Å². The van der Waals surface area contributed by atoms with Crippen LogP contribution >= 0.6 is 22.7 Å². The molecule has 13 aromatic rings. The third kappa shape index (κ3) is 4.30. The van der Waals surface area contributed by atoms with Crippen LogP contribution in [0.4, 0.5) is 0 Å². The molecule has 57 heavy (non-hydrogen) atoms. The molecule has 5 heteroatoms. The Morgan fingerprint density at radius 1 is 0.298 bits per heavy atom. The van der Waals surface area contributed by atoms with Crippen molar-refractivity contribution in [1.29, 1.82) is 0 Å². The molecule has 266 valence electrons. The second-order valence-electron chi connectivity index (χ2n) is 14.8. The van der Waals surface area contributed by atoms with Crippen LogP contribution in [0.1, 0.15) is 0 Å². The monoisotopic (exact) mass is 762 g/mol. The Kier molecular flexibility index (Phi) is 6.48. The normalized spacial score (nSPS) is 12.2. The maximum atomic E-state index is 6.99. The molecule has 3 nitrogen and oxygen atoms in total. The predicted octanol–water partition coefficient (Wildman–Crippen LogP) is 15.5. The van der Waals surface area contributed by atoms with Gasteiger partial charge in [-0.3, -0.25) is 0 Å². The van der Waals surface area contributed by atoms with Gasteiger partial charge in [-0.2, -0.15) is 0 Å². The van der Waals surface area contributed by atoms with E-state index in [4.69, 9.17) is 4.42 Å². The molecule has 0 aliphatic rings. The summed E-state index contributed by atoms with van der Waals surface area (Å²) >= 11 is 3.81. The quantitative estimate of drug-likeness (QED) is 0.175. The molecule has 0 N–H and O–H groups in total. The fourth-order valence-electron chi connectivity index (χ4n) is 9.34. The summed E-state index contributed by atoms with van der Waals surface area (Å²) in [6.45, 7) is 0. The number of rotatable bonds is 4. The first-order valence-electron chi connectivity index (χ1n) is 19.3. The summed E-state index contributed by atoms with van der Waals surface area (Å²) in [5.41, 5.74) is 13.8. The molecule has 0 atom stereocenters. The highest BCUT2D eigenvalue weighted by molar-refractivity contribution is 7.28. The molecule has 0 amide bonds. The topological polar surface area (TPSA) is 23.0 Å². The van der Waals surface area contributed by atoms with Gasteiger partial charge in [0, 0.05) is 80.0 Å². The van der Waals surface area contributed by atoms with Gasteiger partial charge in [-0.15, -0.1) is 22.7 Å². The molecule has 0 saturated carbocycles. The highest BCUT2D eigenvalue weighted by atomic mass is 32.1. The number of nitrogens with zero attached hydrogens (tertiary/aromatic N) is 2. The SMILES string of the molecule is c1ccc(-n2c3ccccc3c3oc4c(-c5cccc6c5sc5c(-c7cccc8c7sc7c9ccccc9n(-c9ccccc9)c87)cccc56)cccc4c32)cc1. The third-order valence-corrected chi connectivity index (χ3v) is 14.3. The summed E-state index contributed by atoms with van der Waals surface area (Å²) < 4.78 is 17.0. The van der Waals surface area contributed by atoms with E-state index in [9.17, 15) is 0 Å². The van der Waals surface area contributed by atoms with E-state index in [2.05, 4.69) is 191 Å². The van der Waals surface area contributed by atoms with Crippen molar-refractivity contribution in [2.75, 3.05) is 0 Å². The zero-order valence-corrected chi connectivity index (χ0v) is 32.1. The molecular formula is C52H30N2OS2. The van der Waals surface area contributed by atoms with Crippen LogP contribution in [-0.4, -0.2) is 9.13 Å². The highest BCUT2D eigenvalue weighted by Crippen LogP contribution is 2.50. The first-order valence-corrected chi connectivity index (χ1v) is 20.9. The predicted molar refractivity (Wildman–Crippen MR) is 244 cm³/mol. The van der Waals surface area contributed by atoms with E-state index in [-0.39, 0.29) is 0 Å². The summed E-state index contributed by atoms with van der Waals surface area (Å²) in [6, 6.07) is 65.9. The van der Waals surface area contributed by atoms with Crippen molar-refractivity contribution in [2.45, 2.75) is 0 Å². The number of hydrogen-bond acceptors (Lipinski definition) is 3. The van der Waals surface area contributed by atoms with Gasteiger partial charge in [0.2, 0.25) is 0 Å². The second-order valence-corrected chi connectivity index (χ2v) is 16.8. The van der Waals surface area contributed by atoms with Crippen molar-refractivity contribution in [3.05, 3.63) is 182 Å². The molecule has 8 aromatic carbocycles. The van der Waals surface area contributed by atoms with Gasteiger partial charge in [0.1, 0.15) is 11.1 Å². The standard InChI is InChI=1S/C52H30N2OS2/c1-3-15-31(16-4-1)53-43-29-9-7-19-39(43)48-45(53)41-27-11-21-33(47(41)55-48)34-22-12-23-35-36-24-13-25-37(50(36)56-49(34)35)38-26-14-28-42-46-52(57-51(38)42)40-20-8-10-30-44(40)54(46)32-17-5-2-6-18-32/h1-30H. The van der Waals surface area contributed by atoms with Crippen LogP contribution in [0.3, 0.4) is 0 Å². The number of thiophene rings is 2. The summed E-state index contributed by atoms with van der Waals surface area (Å²) in [6.07, 6.45) is 0. The molecule has 0 aliphatic heterocycles. The van der Waals surface area contributed by atoms with Crippen molar-refractivity contribution in [1.82, 2.24) is 9.13 Å². The first-order chi connectivity index (χ1) is 28.3. The largest absolute Gasteiger partial charge is 0.453 e.